The van der Waals surface area contributed by atoms with Crippen molar-refractivity contribution in [1.82, 2.24) is 15.1 Å². The normalized spacial score (nSPS) is 14.1. The Kier molecular flexibility index (Phi) is 3.74. The predicted molar refractivity (Wildman–Crippen MR) is 82.0 cm³/mol. The third-order valence-corrected chi connectivity index (χ3v) is 4.25. The highest BCUT2D eigenvalue weighted by molar-refractivity contribution is 7.13. The fourth-order valence-electron chi connectivity index (χ4n) is 1.99. The van der Waals surface area contributed by atoms with Crippen LogP contribution in [0.2, 0.25) is 0 Å². The van der Waals surface area contributed by atoms with Gasteiger partial charge in [-0.15, -0.1) is 11.3 Å². The molecule has 0 atom stereocenters. The van der Waals surface area contributed by atoms with E-state index in [0.29, 0.717) is 18.2 Å². The molecule has 3 rings (SSSR count). The average Bonchev–Trinajstić information content (AvgIpc) is 3.13. The van der Waals surface area contributed by atoms with E-state index < -0.39 is 5.56 Å². The van der Waals surface area contributed by atoms with Crippen LogP contribution in [-0.4, -0.2) is 22.2 Å². The number of carbonyl (C=O) groups excluding carboxylic acids is 1. The van der Waals surface area contributed by atoms with E-state index in [9.17, 15) is 9.59 Å². The monoisotopic (exact) mass is 304 g/mol. The van der Waals surface area contributed by atoms with Gasteiger partial charge in [-0.05, 0) is 36.3 Å². The average molecular weight is 304 g/mol. The smallest absolute Gasteiger partial charge is 0.290 e. The third-order valence-electron chi connectivity index (χ3n) is 3.35. The molecule has 2 aromatic rings. The fourth-order valence-corrected chi connectivity index (χ4v) is 2.67. The maximum absolute atomic E-state index is 12.0. The number of nitrogens with two attached hydrogens (primary N) is 1. The SMILES string of the molecule is Nc1cc(-c2cccs2)nn(CC(=O)NCC2CC2)c1=O. The highest BCUT2D eigenvalue weighted by Crippen LogP contribution is 2.27. The largest absolute Gasteiger partial charge is 0.394 e. The second-order valence-electron chi connectivity index (χ2n) is 5.17. The maximum Gasteiger partial charge on any atom is 0.290 e. The summed E-state index contributed by atoms with van der Waals surface area (Å²) in [5.41, 5.74) is 6.01. The van der Waals surface area contributed by atoms with E-state index >= 15 is 0 Å². The Bertz CT molecular complexity index is 704. The zero-order valence-electron chi connectivity index (χ0n) is 11.4. The van der Waals surface area contributed by atoms with Gasteiger partial charge in [0, 0.05) is 6.54 Å². The summed E-state index contributed by atoms with van der Waals surface area (Å²) in [6.07, 6.45) is 2.33. The summed E-state index contributed by atoms with van der Waals surface area (Å²) >= 11 is 1.51. The first-order chi connectivity index (χ1) is 10.1. The lowest BCUT2D eigenvalue weighted by Gasteiger charge is -2.08. The molecule has 0 bridgehead atoms. The van der Waals surface area contributed by atoms with E-state index in [1.807, 2.05) is 17.5 Å². The second-order valence-corrected chi connectivity index (χ2v) is 6.12. The summed E-state index contributed by atoms with van der Waals surface area (Å²) in [6.45, 7) is 0.572. The Labute approximate surface area is 125 Å². The van der Waals surface area contributed by atoms with E-state index in [0.717, 1.165) is 9.56 Å². The van der Waals surface area contributed by atoms with Crippen LogP contribution in [0.15, 0.2) is 28.4 Å². The van der Waals surface area contributed by atoms with Crippen LogP contribution in [0.5, 0.6) is 0 Å². The summed E-state index contributed by atoms with van der Waals surface area (Å²) in [6, 6.07) is 5.34. The summed E-state index contributed by atoms with van der Waals surface area (Å²) < 4.78 is 1.13. The Morgan fingerprint density at radius 3 is 3.00 bits per heavy atom. The number of aromatic nitrogens is 2. The molecule has 0 unspecified atom stereocenters. The van der Waals surface area contributed by atoms with Gasteiger partial charge in [0.1, 0.15) is 17.9 Å². The van der Waals surface area contributed by atoms with Gasteiger partial charge < -0.3 is 11.1 Å². The van der Waals surface area contributed by atoms with Crippen molar-refractivity contribution in [3.05, 3.63) is 33.9 Å². The number of amides is 1. The minimum atomic E-state index is -0.433. The van der Waals surface area contributed by atoms with Crippen molar-refractivity contribution in [3.63, 3.8) is 0 Å². The molecule has 1 aliphatic rings. The van der Waals surface area contributed by atoms with Crippen molar-refractivity contribution in [2.75, 3.05) is 12.3 Å². The Hall–Kier alpha value is -2.15. The zero-order valence-corrected chi connectivity index (χ0v) is 12.2. The lowest BCUT2D eigenvalue weighted by Crippen LogP contribution is -2.35. The van der Waals surface area contributed by atoms with Gasteiger partial charge in [0.15, 0.2) is 0 Å². The molecule has 110 valence electrons. The van der Waals surface area contributed by atoms with Crippen LogP contribution < -0.4 is 16.6 Å². The number of nitrogens with one attached hydrogen (secondary N) is 1. The van der Waals surface area contributed by atoms with Crippen LogP contribution in [0.1, 0.15) is 12.8 Å². The molecule has 0 radical (unpaired) electrons. The van der Waals surface area contributed by atoms with E-state index in [2.05, 4.69) is 10.4 Å². The van der Waals surface area contributed by atoms with Crippen LogP contribution in [0, 0.1) is 5.92 Å². The second kappa shape index (κ2) is 5.69. The quantitative estimate of drug-likeness (QED) is 0.865. The van der Waals surface area contributed by atoms with Gasteiger partial charge in [-0.1, -0.05) is 6.07 Å². The number of thiophene rings is 1. The fraction of sp³-hybridized carbons (Fsp3) is 0.357. The molecule has 1 amide bonds. The summed E-state index contributed by atoms with van der Waals surface area (Å²) in [5, 5.41) is 8.97. The highest BCUT2D eigenvalue weighted by Gasteiger charge is 2.21. The Morgan fingerprint density at radius 1 is 1.52 bits per heavy atom. The van der Waals surface area contributed by atoms with Crippen molar-refractivity contribution >= 4 is 22.9 Å². The molecular weight excluding hydrogens is 288 g/mol. The minimum Gasteiger partial charge on any atom is -0.394 e. The molecule has 1 aliphatic carbocycles. The number of rotatable bonds is 5. The third kappa shape index (κ3) is 3.30. The molecule has 1 fully saturated rings. The lowest BCUT2D eigenvalue weighted by molar-refractivity contribution is -0.121. The van der Waals surface area contributed by atoms with Crippen molar-refractivity contribution < 1.29 is 4.79 Å². The summed E-state index contributed by atoms with van der Waals surface area (Å²) in [4.78, 5) is 24.7. The van der Waals surface area contributed by atoms with E-state index in [4.69, 9.17) is 5.73 Å². The highest BCUT2D eigenvalue weighted by atomic mass is 32.1. The molecule has 0 spiro atoms. The van der Waals surface area contributed by atoms with E-state index in [-0.39, 0.29) is 18.1 Å². The predicted octanol–water partition coefficient (Wildman–Crippen LogP) is 1.08. The molecule has 3 N–H and O–H groups in total. The first kappa shape index (κ1) is 13.8. The molecule has 0 saturated heterocycles. The van der Waals surface area contributed by atoms with Gasteiger partial charge in [0.2, 0.25) is 5.91 Å². The van der Waals surface area contributed by atoms with Crippen LogP contribution in [0.25, 0.3) is 10.6 Å². The minimum absolute atomic E-state index is 0.100. The van der Waals surface area contributed by atoms with Crippen LogP contribution in [0.3, 0.4) is 0 Å². The van der Waals surface area contributed by atoms with Crippen molar-refractivity contribution in [2.24, 2.45) is 5.92 Å². The van der Waals surface area contributed by atoms with Gasteiger partial charge in [0.25, 0.3) is 5.56 Å². The topological polar surface area (TPSA) is 90.0 Å². The van der Waals surface area contributed by atoms with Crippen molar-refractivity contribution in [3.8, 4) is 10.6 Å². The van der Waals surface area contributed by atoms with E-state index in [1.54, 1.807) is 6.07 Å². The molecule has 0 aliphatic heterocycles. The number of nitrogen functional groups attached to an aromatic ring is 1. The van der Waals surface area contributed by atoms with Crippen molar-refractivity contribution in [2.45, 2.75) is 19.4 Å². The maximum atomic E-state index is 12.0. The Morgan fingerprint density at radius 2 is 2.33 bits per heavy atom. The summed E-state index contributed by atoms with van der Waals surface area (Å²) in [7, 11) is 0. The van der Waals surface area contributed by atoms with Crippen LogP contribution in [0.4, 0.5) is 5.69 Å². The molecule has 6 nitrogen and oxygen atoms in total. The molecule has 0 aromatic carbocycles. The molecule has 21 heavy (non-hydrogen) atoms. The lowest BCUT2D eigenvalue weighted by atomic mass is 10.3. The van der Waals surface area contributed by atoms with Gasteiger partial charge in [-0.3, -0.25) is 9.59 Å². The standard InChI is InChI=1S/C14H16N4O2S/c15-10-6-11(12-2-1-5-21-12)17-18(14(10)20)8-13(19)16-7-9-3-4-9/h1-2,5-6,9H,3-4,7-8,15H2,(H,16,19). The number of carbonyl (C=O) groups is 1. The van der Waals surface area contributed by atoms with Gasteiger partial charge in [-0.2, -0.15) is 5.10 Å². The van der Waals surface area contributed by atoms with Gasteiger partial charge in [-0.25, -0.2) is 4.68 Å². The zero-order chi connectivity index (χ0) is 14.8. The van der Waals surface area contributed by atoms with Gasteiger partial charge in [0.05, 0.1) is 4.88 Å². The van der Waals surface area contributed by atoms with Crippen LogP contribution in [-0.2, 0) is 11.3 Å². The summed E-state index contributed by atoms with van der Waals surface area (Å²) in [5.74, 6) is 0.389. The number of nitrogens with zero attached hydrogens (tertiary/aromatic N) is 2. The number of anilines is 1. The Balaban J connectivity index is 1.79. The first-order valence-electron chi connectivity index (χ1n) is 6.81. The first-order valence-corrected chi connectivity index (χ1v) is 7.69. The van der Waals surface area contributed by atoms with Gasteiger partial charge >= 0.3 is 0 Å². The number of hydrogen-bond acceptors (Lipinski definition) is 5. The molecule has 2 heterocycles. The van der Waals surface area contributed by atoms with Crippen molar-refractivity contribution in [1.29, 1.82) is 0 Å². The number of hydrogen-bond donors (Lipinski definition) is 2. The molecule has 7 heteroatoms. The molecular formula is C14H16N4O2S. The van der Waals surface area contributed by atoms with Crippen LogP contribution >= 0.6 is 11.3 Å². The molecule has 1 saturated carbocycles. The molecule has 2 aromatic heterocycles. The van der Waals surface area contributed by atoms with E-state index in [1.165, 1.54) is 24.2 Å².